The van der Waals surface area contributed by atoms with E-state index in [-0.39, 0.29) is 43.3 Å². The Labute approximate surface area is 178 Å². The molecule has 1 aromatic carbocycles. The molecule has 1 saturated heterocycles. The Hall–Kier alpha value is -2.65. The molecule has 1 fully saturated rings. The first kappa shape index (κ1) is 22.0. The number of aliphatic hydroxyl groups is 1. The number of nitrogens with one attached hydrogen (secondary N) is 2. The number of β-amino-alcohol motifs (C(OH)–C–C–N with tert-alkyl or cyclic N) is 1. The van der Waals surface area contributed by atoms with Crippen molar-refractivity contribution >= 4 is 39.3 Å². The average molecular weight is 434 g/mol. The van der Waals surface area contributed by atoms with Crippen LogP contribution in [0.3, 0.4) is 0 Å². The molecule has 0 bridgehead atoms. The molecule has 2 heterocycles. The van der Waals surface area contributed by atoms with E-state index in [1.807, 2.05) is 44.2 Å². The van der Waals surface area contributed by atoms with Crippen LogP contribution in [0.5, 0.6) is 0 Å². The SMILES string of the molecule is CC(C)C[C@H](NC(=O)c1cc2ccccc2s1)C(=O)NC[C@@H]1CN(C(=O)O)C[C@@H]1O. The maximum absolute atomic E-state index is 12.8. The molecule has 162 valence electrons. The van der Waals surface area contributed by atoms with Gasteiger partial charge in [-0.15, -0.1) is 11.3 Å². The van der Waals surface area contributed by atoms with E-state index in [1.165, 1.54) is 11.3 Å². The second-order valence-corrected chi connectivity index (χ2v) is 9.15. The number of hydrogen-bond donors (Lipinski definition) is 4. The van der Waals surface area contributed by atoms with E-state index in [0.29, 0.717) is 11.3 Å². The van der Waals surface area contributed by atoms with Gasteiger partial charge in [0, 0.05) is 23.7 Å². The third-order valence-electron chi connectivity index (χ3n) is 5.19. The van der Waals surface area contributed by atoms with Gasteiger partial charge in [-0.25, -0.2) is 4.79 Å². The number of rotatable bonds is 7. The van der Waals surface area contributed by atoms with Crippen molar-refractivity contribution < 1.29 is 24.6 Å². The lowest BCUT2D eigenvalue weighted by Gasteiger charge is -2.21. The van der Waals surface area contributed by atoms with E-state index in [2.05, 4.69) is 10.6 Å². The Kier molecular flexibility index (Phi) is 6.94. The van der Waals surface area contributed by atoms with Crippen LogP contribution < -0.4 is 10.6 Å². The molecule has 8 nitrogen and oxygen atoms in total. The van der Waals surface area contributed by atoms with E-state index < -0.39 is 18.2 Å². The van der Waals surface area contributed by atoms with Crippen molar-refractivity contribution in [3.8, 4) is 0 Å². The van der Waals surface area contributed by atoms with Gasteiger partial charge in [-0.3, -0.25) is 9.59 Å². The van der Waals surface area contributed by atoms with Crippen molar-refractivity contribution in [2.45, 2.75) is 32.4 Å². The summed E-state index contributed by atoms with van der Waals surface area (Å²) >= 11 is 1.38. The second-order valence-electron chi connectivity index (χ2n) is 8.06. The summed E-state index contributed by atoms with van der Waals surface area (Å²) in [5.74, 6) is -0.819. The molecule has 3 atom stereocenters. The summed E-state index contributed by atoms with van der Waals surface area (Å²) in [5.41, 5.74) is 0. The number of likely N-dealkylation sites (tertiary alicyclic amines) is 1. The van der Waals surface area contributed by atoms with E-state index in [1.54, 1.807) is 0 Å². The molecule has 0 spiro atoms. The molecule has 0 unspecified atom stereocenters. The number of hydrogen-bond acceptors (Lipinski definition) is 5. The number of carboxylic acid groups (broad SMARTS) is 1. The van der Waals surface area contributed by atoms with Gasteiger partial charge in [0.25, 0.3) is 5.91 Å². The van der Waals surface area contributed by atoms with Crippen molar-refractivity contribution in [3.05, 3.63) is 35.2 Å². The van der Waals surface area contributed by atoms with Crippen molar-refractivity contribution in [3.63, 3.8) is 0 Å². The van der Waals surface area contributed by atoms with Crippen molar-refractivity contribution in [1.29, 1.82) is 0 Å². The van der Waals surface area contributed by atoms with Crippen LogP contribution >= 0.6 is 11.3 Å². The van der Waals surface area contributed by atoms with E-state index >= 15 is 0 Å². The van der Waals surface area contributed by atoms with Crippen LogP contribution in [0.4, 0.5) is 4.79 Å². The number of fused-ring (bicyclic) bond motifs is 1. The quantitative estimate of drug-likeness (QED) is 0.533. The van der Waals surface area contributed by atoms with E-state index in [4.69, 9.17) is 5.11 Å². The summed E-state index contributed by atoms with van der Waals surface area (Å²) in [7, 11) is 0. The summed E-state index contributed by atoms with van der Waals surface area (Å²) < 4.78 is 1.01. The summed E-state index contributed by atoms with van der Waals surface area (Å²) in [5, 5.41) is 25.7. The monoisotopic (exact) mass is 433 g/mol. The van der Waals surface area contributed by atoms with Gasteiger partial charge in [-0.05, 0) is 29.9 Å². The molecular formula is C21H27N3O5S. The van der Waals surface area contributed by atoms with Gasteiger partial charge < -0.3 is 25.7 Å². The van der Waals surface area contributed by atoms with Crippen LogP contribution in [0.15, 0.2) is 30.3 Å². The third kappa shape index (κ3) is 5.28. The highest BCUT2D eigenvalue weighted by Gasteiger charge is 2.34. The minimum atomic E-state index is -1.09. The van der Waals surface area contributed by atoms with Crippen LogP contribution in [-0.2, 0) is 4.79 Å². The van der Waals surface area contributed by atoms with Crippen LogP contribution in [0.2, 0.25) is 0 Å². The first-order valence-electron chi connectivity index (χ1n) is 9.97. The summed E-state index contributed by atoms with van der Waals surface area (Å²) in [4.78, 5) is 38.3. The fourth-order valence-corrected chi connectivity index (χ4v) is 4.56. The van der Waals surface area contributed by atoms with Crippen molar-refractivity contribution in [1.82, 2.24) is 15.5 Å². The number of thiophene rings is 1. The topological polar surface area (TPSA) is 119 Å². The van der Waals surface area contributed by atoms with Crippen LogP contribution in [0, 0.1) is 11.8 Å². The summed E-state index contributed by atoms with van der Waals surface area (Å²) in [6.45, 7) is 4.29. The molecule has 0 saturated carbocycles. The molecule has 3 rings (SSSR count). The van der Waals surface area contributed by atoms with Gasteiger partial charge in [0.1, 0.15) is 6.04 Å². The lowest BCUT2D eigenvalue weighted by atomic mass is 10.0. The van der Waals surface area contributed by atoms with Gasteiger partial charge in [0.05, 0.1) is 17.5 Å². The molecule has 0 radical (unpaired) electrons. The Morgan fingerprint density at radius 3 is 2.60 bits per heavy atom. The summed E-state index contributed by atoms with van der Waals surface area (Å²) in [6, 6.07) is 8.82. The maximum Gasteiger partial charge on any atom is 0.407 e. The second kappa shape index (κ2) is 9.44. The van der Waals surface area contributed by atoms with Crippen LogP contribution in [-0.4, -0.2) is 64.8 Å². The van der Waals surface area contributed by atoms with Gasteiger partial charge in [-0.1, -0.05) is 32.0 Å². The Morgan fingerprint density at radius 1 is 1.23 bits per heavy atom. The van der Waals surface area contributed by atoms with Gasteiger partial charge >= 0.3 is 6.09 Å². The summed E-state index contributed by atoms with van der Waals surface area (Å²) in [6.07, 6.45) is -1.44. The van der Waals surface area contributed by atoms with Crippen molar-refractivity contribution in [2.24, 2.45) is 11.8 Å². The molecule has 1 aromatic heterocycles. The Balaban J connectivity index is 1.62. The highest BCUT2D eigenvalue weighted by molar-refractivity contribution is 7.20. The predicted molar refractivity (Wildman–Crippen MR) is 115 cm³/mol. The number of amides is 3. The Bertz CT molecular complexity index is 895. The molecule has 0 aliphatic carbocycles. The zero-order valence-corrected chi connectivity index (χ0v) is 17.8. The number of nitrogens with zero attached hydrogens (tertiary/aromatic N) is 1. The zero-order chi connectivity index (χ0) is 21.8. The van der Waals surface area contributed by atoms with Gasteiger partial charge in [0.2, 0.25) is 5.91 Å². The number of aliphatic hydroxyl groups excluding tert-OH is 1. The Morgan fingerprint density at radius 2 is 1.97 bits per heavy atom. The van der Waals surface area contributed by atoms with E-state index in [9.17, 15) is 19.5 Å². The molecular weight excluding hydrogens is 406 g/mol. The minimum absolute atomic E-state index is 0.0357. The molecule has 1 aliphatic rings. The van der Waals surface area contributed by atoms with Crippen LogP contribution in [0.1, 0.15) is 29.9 Å². The first-order chi connectivity index (χ1) is 14.2. The standard InChI is InChI=1S/C21H27N3O5S/c1-12(2)7-15(19(26)22-9-14-10-24(21(28)29)11-16(14)25)23-20(27)18-8-13-5-3-4-6-17(13)30-18/h3-6,8,12,14-16,25H,7,9-11H2,1-2H3,(H,22,26)(H,23,27)(H,28,29)/t14-,15+,16+/m1/s1. The smallest absolute Gasteiger partial charge is 0.407 e. The highest BCUT2D eigenvalue weighted by atomic mass is 32.1. The fourth-order valence-electron chi connectivity index (χ4n) is 3.59. The minimum Gasteiger partial charge on any atom is -0.465 e. The number of carbonyl (C=O) groups is 3. The largest absolute Gasteiger partial charge is 0.465 e. The maximum atomic E-state index is 12.8. The molecule has 4 N–H and O–H groups in total. The predicted octanol–water partition coefficient (Wildman–Crippen LogP) is 2.13. The lowest BCUT2D eigenvalue weighted by Crippen LogP contribution is -2.49. The zero-order valence-electron chi connectivity index (χ0n) is 17.0. The highest BCUT2D eigenvalue weighted by Crippen LogP contribution is 2.25. The number of benzene rings is 1. The molecule has 1 aliphatic heterocycles. The molecule has 30 heavy (non-hydrogen) atoms. The molecule has 9 heteroatoms. The van der Waals surface area contributed by atoms with Crippen molar-refractivity contribution in [2.75, 3.05) is 19.6 Å². The average Bonchev–Trinajstić information content (AvgIpc) is 3.28. The molecule has 3 amide bonds. The van der Waals surface area contributed by atoms with E-state index in [0.717, 1.165) is 15.0 Å². The van der Waals surface area contributed by atoms with Crippen LogP contribution in [0.25, 0.3) is 10.1 Å². The first-order valence-corrected chi connectivity index (χ1v) is 10.8. The fraction of sp³-hybridized carbons (Fsp3) is 0.476. The number of carbonyl (C=O) groups excluding carboxylic acids is 2. The van der Waals surface area contributed by atoms with Gasteiger partial charge in [-0.2, -0.15) is 0 Å². The third-order valence-corrected chi connectivity index (χ3v) is 6.31. The van der Waals surface area contributed by atoms with Gasteiger partial charge in [0.15, 0.2) is 0 Å². The lowest BCUT2D eigenvalue weighted by molar-refractivity contribution is -0.123. The normalized spacial score (nSPS) is 19.8. The molecule has 2 aromatic rings.